The highest BCUT2D eigenvalue weighted by atomic mass is 19.4. The second-order valence-corrected chi connectivity index (χ2v) is 5.09. The summed E-state index contributed by atoms with van der Waals surface area (Å²) in [6, 6.07) is 5.44. The Morgan fingerprint density at radius 1 is 1.05 bits per heavy atom. The number of aryl methyl sites for hydroxylation is 1. The van der Waals surface area contributed by atoms with Gasteiger partial charge < -0.3 is 4.74 Å². The summed E-state index contributed by atoms with van der Waals surface area (Å²) in [5, 5.41) is 0. The van der Waals surface area contributed by atoms with Crippen LogP contribution < -0.4 is 0 Å². The van der Waals surface area contributed by atoms with Crippen LogP contribution in [0.15, 0.2) is 24.3 Å². The van der Waals surface area contributed by atoms with Gasteiger partial charge in [-0.15, -0.1) is 0 Å². The lowest BCUT2D eigenvalue weighted by atomic mass is 10.1. The summed E-state index contributed by atoms with van der Waals surface area (Å²) in [4.78, 5) is 0. The molecule has 0 amide bonds. The number of benzene rings is 1. The van der Waals surface area contributed by atoms with Gasteiger partial charge in [-0.1, -0.05) is 25.5 Å². The van der Waals surface area contributed by atoms with Gasteiger partial charge in [-0.25, -0.2) is 0 Å². The fourth-order valence-electron chi connectivity index (χ4n) is 1.87. The fourth-order valence-corrected chi connectivity index (χ4v) is 1.87. The standard InChI is InChI=1S/C16H23F3O/c1-3-13(2)20-12-6-4-5-7-14-8-10-15(11-9-14)16(17,18)19/h8-11,13H,3-7,12H2,1-2H3. The SMILES string of the molecule is CCC(C)OCCCCCc1ccc(C(F)(F)F)cc1. The molecular weight excluding hydrogens is 265 g/mol. The number of unbranched alkanes of at least 4 members (excludes halogenated alkanes) is 2. The van der Waals surface area contributed by atoms with Crippen molar-refractivity contribution in [2.24, 2.45) is 0 Å². The van der Waals surface area contributed by atoms with Crippen LogP contribution in [-0.4, -0.2) is 12.7 Å². The topological polar surface area (TPSA) is 9.23 Å². The van der Waals surface area contributed by atoms with Crippen molar-refractivity contribution in [2.45, 2.75) is 58.2 Å². The lowest BCUT2D eigenvalue weighted by Crippen LogP contribution is -2.07. The van der Waals surface area contributed by atoms with E-state index in [4.69, 9.17) is 4.74 Å². The zero-order chi connectivity index (χ0) is 15.0. The molecule has 1 unspecified atom stereocenters. The minimum atomic E-state index is -4.24. The molecular formula is C16H23F3O. The molecule has 0 aliphatic rings. The maximum Gasteiger partial charge on any atom is 0.416 e. The average Bonchev–Trinajstić information content (AvgIpc) is 2.41. The van der Waals surface area contributed by atoms with E-state index in [1.807, 2.05) is 0 Å². The van der Waals surface area contributed by atoms with Crippen molar-refractivity contribution in [3.63, 3.8) is 0 Å². The summed E-state index contributed by atoms with van der Waals surface area (Å²) >= 11 is 0. The van der Waals surface area contributed by atoms with E-state index < -0.39 is 11.7 Å². The monoisotopic (exact) mass is 288 g/mol. The van der Waals surface area contributed by atoms with Gasteiger partial charge in [0.15, 0.2) is 0 Å². The Balaban J connectivity index is 2.19. The second-order valence-electron chi connectivity index (χ2n) is 5.09. The summed E-state index contributed by atoms with van der Waals surface area (Å²) in [5.74, 6) is 0. The first-order chi connectivity index (χ1) is 9.43. The van der Waals surface area contributed by atoms with E-state index in [0.29, 0.717) is 6.10 Å². The molecule has 0 aromatic heterocycles. The quantitative estimate of drug-likeness (QED) is 0.595. The van der Waals surface area contributed by atoms with Crippen LogP contribution in [0, 0.1) is 0 Å². The van der Waals surface area contributed by atoms with Crippen LogP contribution in [0.2, 0.25) is 0 Å². The summed E-state index contributed by atoms with van der Waals surface area (Å²) < 4.78 is 42.7. The van der Waals surface area contributed by atoms with Crippen LogP contribution in [-0.2, 0) is 17.3 Å². The van der Waals surface area contributed by atoms with Crippen molar-refractivity contribution in [1.82, 2.24) is 0 Å². The Hall–Kier alpha value is -1.03. The van der Waals surface area contributed by atoms with Crippen LogP contribution in [0.5, 0.6) is 0 Å². The molecule has 114 valence electrons. The molecule has 0 radical (unpaired) electrons. The van der Waals surface area contributed by atoms with Crippen LogP contribution in [0.25, 0.3) is 0 Å². The summed E-state index contributed by atoms with van der Waals surface area (Å²) in [6.45, 7) is 4.92. The molecule has 0 bridgehead atoms. The minimum Gasteiger partial charge on any atom is -0.379 e. The highest BCUT2D eigenvalue weighted by molar-refractivity contribution is 5.24. The van der Waals surface area contributed by atoms with Crippen molar-refractivity contribution in [3.8, 4) is 0 Å². The molecule has 1 aromatic carbocycles. The molecule has 20 heavy (non-hydrogen) atoms. The number of rotatable bonds is 8. The van der Waals surface area contributed by atoms with Gasteiger partial charge in [0, 0.05) is 6.61 Å². The summed E-state index contributed by atoms with van der Waals surface area (Å²) in [7, 11) is 0. The van der Waals surface area contributed by atoms with Gasteiger partial charge in [-0.05, 0) is 50.3 Å². The largest absolute Gasteiger partial charge is 0.416 e. The molecule has 1 aromatic rings. The normalized spacial score (nSPS) is 13.4. The minimum absolute atomic E-state index is 0.310. The third kappa shape index (κ3) is 6.42. The van der Waals surface area contributed by atoms with Crippen LogP contribution in [0.3, 0.4) is 0 Å². The number of alkyl halides is 3. The highest BCUT2D eigenvalue weighted by Crippen LogP contribution is 2.29. The smallest absolute Gasteiger partial charge is 0.379 e. The number of hydrogen-bond donors (Lipinski definition) is 0. The maximum absolute atomic E-state index is 12.4. The van der Waals surface area contributed by atoms with Crippen molar-refractivity contribution in [1.29, 1.82) is 0 Å². The van der Waals surface area contributed by atoms with Crippen molar-refractivity contribution in [2.75, 3.05) is 6.61 Å². The zero-order valence-corrected chi connectivity index (χ0v) is 12.2. The van der Waals surface area contributed by atoms with Gasteiger partial charge in [0.1, 0.15) is 0 Å². The van der Waals surface area contributed by atoms with Gasteiger partial charge in [0.25, 0.3) is 0 Å². The van der Waals surface area contributed by atoms with Crippen molar-refractivity contribution < 1.29 is 17.9 Å². The molecule has 1 nitrogen and oxygen atoms in total. The van der Waals surface area contributed by atoms with Crippen LogP contribution in [0.1, 0.15) is 50.7 Å². The van der Waals surface area contributed by atoms with Crippen molar-refractivity contribution in [3.05, 3.63) is 35.4 Å². The Labute approximate surface area is 119 Å². The summed E-state index contributed by atoms with van der Waals surface area (Å²) in [6.07, 6.45) is 0.932. The average molecular weight is 288 g/mol. The third-order valence-corrected chi connectivity index (χ3v) is 3.37. The van der Waals surface area contributed by atoms with Gasteiger partial charge in [-0.3, -0.25) is 0 Å². The van der Waals surface area contributed by atoms with Crippen LogP contribution >= 0.6 is 0 Å². The molecule has 0 aliphatic heterocycles. The van der Waals surface area contributed by atoms with E-state index in [1.54, 1.807) is 12.1 Å². The van der Waals surface area contributed by atoms with Gasteiger partial charge in [-0.2, -0.15) is 13.2 Å². The van der Waals surface area contributed by atoms with Gasteiger partial charge in [0.05, 0.1) is 11.7 Å². The Bertz CT molecular complexity index is 370. The number of hydrogen-bond acceptors (Lipinski definition) is 1. The highest BCUT2D eigenvalue weighted by Gasteiger charge is 2.29. The maximum atomic E-state index is 12.4. The molecule has 0 fully saturated rings. The fraction of sp³-hybridized carbons (Fsp3) is 0.625. The molecule has 0 N–H and O–H groups in total. The van der Waals surface area contributed by atoms with Gasteiger partial charge in [0.2, 0.25) is 0 Å². The van der Waals surface area contributed by atoms with E-state index in [9.17, 15) is 13.2 Å². The Kier molecular flexibility index (Phi) is 7.06. The molecule has 1 atom stereocenters. The Morgan fingerprint density at radius 2 is 1.70 bits per heavy atom. The summed E-state index contributed by atoms with van der Waals surface area (Å²) in [5.41, 5.74) is 0.379. The second kappa shape index (κ2) is 8.30. The predicted octanol–water partition coefficient (Wildman–Crippen LogP) is 5.23. The first-order valence-corrected chi connectivity index (χ1v) is 7.21. The predicted molar refractivity (Wildman–Crippen MR) is 74.7 cm³/mol. The molecule has 0 aliphatic carbocycles. The van der Waals surface area contributed by atoms with E-state index in [2.05, 4.69) is 13.8 Å². The molecule has 4 heteroatoms. The van der Waals surface area contributed by atoms with Gasteiger partial charge >= 0.3 is 6.18 Å². The third-order valence-electron chi connectivity index (χ3n) is 3.37. The Morgan fingerprint density at radius 3 is 2.25 bits per heavy atom. The van der Waals surface area contributed by atoms with E-state index in [-0.39, 0.29) is 0 Å². The molecule has 1 rings (SSSR count). The van der Waals surface area contributed by atoms with E-state index in [1.165, 1.54) is 0 Å². The van der Waals surface area contributed by atoms with E-state index >= 15 is 0 Å². The lowest BCUT2D eigenvalue weighted by Gasteiger charge is -2.10. The van der Waals surface area contributed by atoms with Crippen molar-refractivity contribution >= 4 is 0 Å². The first kappa shape index (κ1) is 17.0. The molecule has 0 saturated heterocycles. The van der Waals surface area contributed by atoms with E-state index in [0.717, 1.165) is 56.4 Å². The molecule has 0 spiro atoms. The lowest BCUT2D eigenvalue weighted by molar-refractivity contribution is -0.137. The zero-order valence-electron chi connectivity index (χ0n) is 12.2. The number of ether oxygens (including phenoxy) is 1. The molecule has 0 heterocycles. The van der Waals surface area contributed by atoms with Crippen LogP contribution in [0.4, 0.5) is 13.2 Å². The molecule has 0 saturated carbocycles. The first-order valence-electron chi connectivity index (χ1n) is 7.21. The number of halogens is 3.